The van der Waals surface area contributed by atoms with Crippen LogP contribution in [0.2, 0.25) is 0 Å². The number of benzene rings is 2. The van der Waals surface area contributed by atoms with Crippen LogP contribution in [0.25, 0.3) is 0 Å². The van der Waals surface area contributed by atoms with Crippen LogP contribution >= 0.6 is 0 Å². The van der Waals surface area contributed by atoms with Crippen LogP contribution in [0.5, 0.6) is 0 Å². The molecule has 1 unspecified atom stereocenters. The molecule has 2 aromatic carbocycles. The van der Waals surface area contributed by atoms with E-state index in [4.69, 9.17) is 15.2 Å². The monoisotopic (exact) mass is 432 g/mol. The zero-order valence-corrected chi connectivity index (χ0v) is 17.7. The highest BCUT2D eigenvalue weighted by Gasteiger charge is 2.28. The van der Waals surface area contributed by atoms with Crippen LogP contribution in [0.15, 0.2) is 58.7 Å². The molecule has 7 heteroatoms. The van der Waals surface area contributed by atoms with Crippen molar-refractivity contribution in [1.29, 1.82) is 0 Å². The van der Waals surface area contributed by atoms with Crippen molar-refractivity contribution >= 4 is 11.4 Å². The lowest BCUT2D eigenvalue weighted by Crippen LogP contribution is -2.28. The van der Waals surface area contributed by atoms with Crippen LogP contribution < -0.4 is 5.73 Å². The minimum Gasteiger partial charge on any atom is -0.398 e. The quantitative estimate of drug-likeness (QED) is 0.488. The molecule has 2 aromatic rings. The van der Waals surface area contributed by atoms with Crippen molar-refractivity contribution < 1.29 is 22.6 Å². The first-order valence-corrected chi connectivity index (χ1v) is 10.3. The number of aliphatic imine (C=N–C) groups is 1. The third kappa shape index (κ3) is 5.74. The lowest BCUT2D eigenvalue weighted by atomic mass is 9.87. The molecule has 4 nitrogen and oxygen atoms in total. The lowest BCUT2D eigenvalue weighted by Gasteiger charge is -2.23. The van der Waals surface area contributed by atoms with Gasteiger partial charge < -0.3 is 15.2 Å². The van der Waals surface area contributed by atoms with Gasteiger partial charge in [0.2, 0.25) is 0 Å². The maximum atomic E-state index is 14.4. The number of nitrogens with zero attached hydrogens (tertiary/aromatic N) is 1. The van der Waals surface area contributed by atoms with Gasteiger partial charge in [-0.15, -0.1) is 0 Å². The highest BCUT2D eigenvalue weighted by Crippen LogP contribution is 2.33. The molecule has 3 rings (SSSR count). The maximum Gasteiger partial charge on any atom is 0.198 e. The molecule has 1 aliphatic carbocycles. The van der Waals surface area contributed by atoms with Crippen molar-refractivity contribution in [1.82, 2.24) is 0 Å². The Morgan fingerprint density at radius 3 is 2.48 bits per heavy atom. The number of ether oxygens (including phenoxy) is 2. The van der Waals surface area contributed by atoms with E-state index in [2.05, 4.69) is 4.99 Å². The topological polar surface area (TPSA) is 56.8 Å². The molecule has 0 saturated heterocycles. The molecule has 0 bridgehead atoms. The third-order valence-corrected chi connectivity index (χ3v) is 5.48. The van der Waals surface area contributed by atoms with Crippen molar-refractivity contribution in [3.63, 3.8) is 0 Å². The van der Waals surface area contributed by atoms with Crippen LogP contribution in [-0.2, 0) is 15.9 Å². The van der Waals surface area contributed by atoms with Gasteiger partial charge in [-0.3, -0.25) is 0 Å². The fourth-order valence-electron chi connectivity index (χ4n) is 4.00. The normalized spacial score (nSPS) is 20.2. The van der Waals surface area contributed by atoms with Gasteiger partial charge >= 0.3 is 0 Å². The highest BCUT2D eigenvalue weighted by atomic mass is 19.1. The average Bonchev–Trinajstić information content (AvgIpc) is 2.93. The molecule has 0 amide bonds. The van der Waals surface area contributed by atoms with Crippen LogP contribution in [0.3, 0.4) is 0 Å². The van der Waals surface area contributed by atoms with E-state index >= 15 is 0 Å². The molecule has 1 aliphatic rings. The Morgan fingerprint density at radius 1 is 1.06 bits per heavy atom. The SMILES string of the molecule is COC(OC)C(N)=C1CCCCC(Cc2cccc(F)c2)C1=Nc1ccc(F)cc1F. The molecule has 31 heavy (non-hydrogen) atoms. The first kappa shape index (κ1) is 23.0. The highest BCUT2D eigenvalue weighted by molar-refractivity contribution is 6.04. The smallest absolute Gasteiger partial charge is 0.198 e. The molecule has 1 atom stereocenters. The Morgan fingerprint density at radius 2 is 1.81 bits per heavy atom. The van der Waals surface area contributed by atoms with Gasteiger partial charge in [0.15, 0.2) is 12.1 Å². The summed E-state index contributed by atoms with van der Waals surface area (Å²) in [4.78, 5) is 4.60. The Kier molecular flexibility index (Phi) is 7.87. The number of hydrogen-bond donors (Lipinski definition) is 1. The van der Waals surface area contributed by atoms with E-state index in [0.717, 1.165) is 36.5 Å². The van der Waals surface area contributed by atoms with Crippen molar-refractivity contribution in [2.45, 2.75) is 38.4 Å². The number of allylic oxidation sites excluding steroid dienone is 1. The number of rotatable bonds is 6. The molecule has 0 aromatic heterocycles. The standard InChI is InChI=1S/C24H27F3N2O2/c1-30-24(31-2)22(28)19-9-4-3-7-16(12-15-6-5-8-17(25)13-15)23(19)29-21-11-10-18(26)14-20(21)27/h5-6,8,10-11,13-14,16,24H,3-4,7,9,12,28H2,1-2H3. The summed E-state index contributed by atoms with van der Waals surface area (Å²) >= 11 is 0. The summed E-state index contributed by atoms with van der Waals surface area (Å²) in [6.45, 7) is 0. The predicted octanol–water partition coefficient (Wildman–Crippen LogP) is 5.44. The number of halogens is 3. The largest absolute Gasteiger partial charge is 0.398 e. The summed E-state index contributed by atoms with van der Waals surface area (Å²) in [5, 5.41) is 0. The van der Waals surface area contributed by atoms with E-state index in [1.54, 1.807) is 6.07 Å². The zero-order valence-electron chi connectivity index (χ0n) is 17.7. The van der Waals surface area contributed by atoms with Crippen LogP contribution in [0, 0.1) is 23.4 Å². The Balaban J connectivity index is 2.12. The maximum absolute atomic E-state index is 14.4. The first-order valence-electron chi connectivity index (χ1n) is 10.3. The van der Waals surface area contributed by atoms with Gasteiger partial charge in [0.1, 0.15) is 11.6 Å². The average molecular weight is 432 g/mol. The van der Waals surface area contributed by atoms with Crippen LogP contribution in [0.4, 0.5) is 18.9 Å². The van der Waals surface area contributed by atoms with Crippen molar-refractivity contribution in [2.24, 2.45) is 16.6 Å². The summed E-state index contributed by atoms with van der Waals surface area (Å²) in [7, 11) is 2.97. The van der Waals surface area contributed by atoms with E-state index in [1.807, 2.05) is 6.07 Å². The van der Waals surface area contributed by atoms with Gasteiger partial charge in [0.05, 0.1) is 11.4 Å². The van der Waals surface area contributed by atoms with Gasteiger partial charge in [0, 0.05) is 31.9 Å². The van der Waals surface area contributed by atoms with E-state index in [9.17, 15) is 13.2 Å². The lowest BCUT2D eigenvalue weighted by molar-refractivity contribution is -0.0761. The minimum absolute atomic E-state index is 0.0271. The van der Waals surface area contributed by atoms with Gasteiger partial charge in [-0.1, -0.05) is 18.6 Å². The molecule has 0 aliphatic heterocycles. The van der Waals surface area contributed by atoms with Gasteiger partial charge in [0.25, 0.3) is 0 Å². The molecule has 1 saturated carbocycles. The molecular weight excluding hydrogens is 405 g/mol. The summed E-state index contributed by atoms with van der Waals surface area (Å²) in [6, 6.07) is 9.67. The Hall–Kier alpha value is -2.64. The second-order valence-corrected chi connectivity index (χ2v) is 7.61. The third-order valence-electron chi connectivity index (χ3n) is 5.48. The van der Waals surface area contributed by atoms with Gasteiger partial charge in [-0.2, -0.15) is 0 Å². The summed E-state index contributed by atoms with van der Waals surface area (Å²) < 4.78 is 52.3. The fourth-order valence-corrected chi connectivity index (χ4v) is 4.00. The van der Waals surface area contributed by atoms with E-state index in [-0.39, 0.29) is 17.4 Å². The number of hydrogen-bond acceptors (Lipinski definition) is 4. The Labute approximate surface area is 180 Å². The Bertz CT molecular complexity index is 971. The summed E-state index contributed by atoms with van der Waals surface area (Å²) in [5.41, 5.74) is 8.95. The molecule has 0 heterocycles. The van der Waals surface area contributed by atoms with Crippen molar-refractivity contribution in [3.8, 4) is 0 Å². The fraction of sp³-hybridized carbons (Fsp3) is 0.375. The second kappa shape index (κ2) is 10.6. The van der Waals surface area contributed by atoms with Gasteiger partial charge in [-0.25, -0.2) is 18.2 Å². The molecule has 2 N–H and O–H groups in total. The van der Waals surface area contributed by atoms with Crippen LogP contribution in [-0.4, -0.2) is 26.2 Å². The molecule has 0 spiro atoms. The summed E-state index contributed by atoms with van der Waals surface area (Å²) in [6.07, 6.45) is 2.91. The second-order valence-electron chi connectivity index (χ2n) is 7.61. The molecule has 166 valence electrons. The van der Waals surface area contributed by atoms with E-state index in [0.29, 0.717) is 24.3 Å². The number of methoxy groups -OCH3 is 2. The van der Waals surface area contributed by atoms with Crippen LogP contribution in [0.1, 0.15) is 31.2 Å². The molecule has 0 radical (unpaired) electrons. The van der Waals surface area contributed by atoms with Crippen molar-refractivity contribution in [3.05, 3.63) is 76.7 Å². The molecular formula is C24H27F3N2O2. The predicted molar refractivity (Wildman–Crippen MR) is 115 cm³/mol. The van der Waals surface area contributed by atoms with Crippen molar-refractivity contribution in [2.75, 3.05) is 14.2 Å². The summed E-state index contributed by atoms with van der Waals surface area (Å²) in [5.74, 6) is -1.87. The zero-order chi connectivity index (χ0) is 22.4. The van der Waals surface area contributed by atoms with E-state index < -0.39 is 17.9 Å². The van der Waals surface area contributed by atoms with Gasteiger partial charge in [-0.05, 0) is 61.1 Å². The number of nitrogens with two attached hydrogens (primary N) is 1. The van der Waals surface area contributed by atoms with E-state index in [1.165, 1.54) is 38.5 Å². The first-order chi connectivity index (χ1) is 14.9. The molecule has 1 fully saturated rings. The minimum atomic E-state index is -0.772.